The zero-order chi connectivity index (χ0) is 16.2. The third-order valence-corrected chi connectivity index (χ3v) is 5.96. The van der Waals surface area contributed by atoms with Crippen LogP contribution in [0.3, 0.4) is 0 Å². The Balaban J connectivity index is 1.79. The molecule has 0 aromatic carbocycles. The molecule has 3 heterocycles. The minimum absolute atomic E-state index is 0.0402. The van der Waals surface area contributed by atoms with Gasteiger partial charge in [-0.25, -0.2) is 0 Å². The average molecular weight is 351 g/mol. The maximum absolute atomic E-state index is 12.9. The van der Waals surface area contributed by atoms with Crippen molar-refractivity contribution in [3.8, 4) is 10.6 Å². The summed E-state index contributed by atoms with van der Waals surface area (Å²) < 4.78 is 0. The van der Waals surface area contributed by atoms with Gasteiger partial charge in [-0.3, -0.25) is 9.89 Å². The van der Waals surface area contributed by atoms with Gasteiger partial charge in [0.1, 0.15) is 0 Å². The van der Waals surface area contributed by atoms with Crippen molar-refractivity contribution in [3.05, 3.63) is 29.3 Å². The zero-order valence-electron chi connectivity index (χ0n) is 13.5. The lowest BCUT2D eigenvalue weighted by molar-refractivity contribution is 0.0669. The first-order chi connectivity index (χ1) is 11.1. The van der Waals surface area contributed by atoms with Crippen LogP contribution in [0, 0.1) is 0 Å². The zero-order valence-corrected chi connectivity index (χ0v) is 15.1. The molecule has 0 bridgehead atoms. The van der Waals surface area contributed by atoms with Crippen molar-refractivity contribution in [2.75, 3.05) is 38.7 Å². The lowest BCUT2D eigenvalue weighted by Crippen LogP contribution is -2.46. The van der Waals surface area contributed by atoms with Crippen LogP contribution in [0.4, 0.5) is 0 Å². The Bertz CT molecular complexity index is 638. The van der Waals surface area contributed by atoms with Crippen molar-refractivity contribution >= 4 is 29.0 Å². The molecule has 1 fully saturated rings. The summed E-state index contributed by atoms with van der Waals surface area (Å²) in [5, 5.41) is 9.28. The standard InChI is InChI=1S/C16H22N4OS2/c1-19(2)10-12-11-22-7-4-6-20(12)16(21)14-9-13(17-18-14)15-5-3-8-23-15/h3,5,8-9,12H,4,6-7,10-11H2,1-2H3,(H,17,18). The van der Waals surface area contributed by atoms with Crippen LogP contribution in [0.15, 0.2) is 23.6 Å². The summed E-state index contributed by atoms with van der Waals surface area (Å²) in [5.41, 5.74) is 1.43. The predicted octanol–water partition coefficient (Wildman–Crippen LogP) is 2.65. The number of hydrogen-bond acceptors (Lipinski definition) is 5. The molecule has 5 nitrogen and oxygen atoms in total. The van der Waals surface area contributed by atoms with E-state index in [0.29, 0.717) is 5.69 Å². The molecule has 7 heteroatoms. The number of hydrogen-bond donors (Lipinski definition) is 1. The summed E-state index contributed by atoms with van der Waals surface area (Å²) in [5.74, 6) is 2.15. The molecule has 0 saturated carbocycles. The summed E-state index contributed by atoms with van der Waals surface area (Å²) >= 11 is 3.58. The Morgan fingerprint density at radius 1 is 1.52 bits per heavy atom. The maximum atomic E-state index is 12.9. The molecule has 23 heavy (non-hydrogen) atoms. The van der Waals surface area contributed by atoms with Crippen molar-refractivity contribution in [1.82, 2.24) is 20.0 Å². The SMILES string of the molecule is CN(C)CC1CSCCCN1C(=O)c1cc(-c2cccs2)[nH]n1. The molecule has 1 aliphatic heterocycles. The van der Waals surface area contributed by atoms with Gasteiger partial charge in [0, 0.05) is 18.8 Å². The summed E-state index contributed by atoms with van der Waals surface area (Å²) in [6.45, 7) is 1.70. The molecule has 2 aromatic heterocycles. The Morgan fingerprint density at radius 3 is 3.13 bits per heavy atom. The van der Waals surface area contributed by atoms with Crippen molar-refractivity contribution in [1.29, 1.82) is 0 Å². The molecule has 1 unspecified atom stereocenters. The van der Waals surface area contributed by atoms with Crippen LogP contribution < -0.4 is 0 Å². The largest absolute Gasteiger partial charge is 0.332 e. The number of carbonyl (C=O) groups excluding carboxylic acids is 1. The van der Waals surface area contributed by atoms with Crippen LogP contribution in [0.25, 0.3) is 10.6 Å². The highest BCUT2D eigenvalue weighted by atomic mass is 32.2. The van der Waals surface area contributed by atoms with Crippen LogP contribution in [-0.4, -0.2) is 70.6 Å². The van der Waals surface area contributed by atoms with Gasteiger partial charge >= 0.3 is 0 Å². The summed E-state index contributed by atoms with van der Waals surface area (Å²) in [7, 11) is 4.11. The highest BCUT2D eigenvalue weighted by molar-refractivity contribution is 7.99. The first-order valence-electron chi connectivity index (χ1n) is 7.78. The number of carbonyl (C=O) groups is 1. The third-order valence-electron chi connectivity index (χ3n) is 3.86. The Kier molecular flexibility index (Phi) is 5.40. The Morgan fingerprint density at radius 2 is 2.39 bits per heavy atom. The quantitative estimate of drug-likeness (QED) is 0.921. The van der Waals surface area contributed by atoms with E-state index in [4.69, 9.17) is 0 Å². The molecule has 0 radical (unpaired) electrons. The Hall–Kier alpha value is -1.31. The van der Waals surface area contributed by atoms with Gasteiger partial charge in [0.15, 0.2) is 5.69 Å². The minimum Gasteiger partial charge on any atom is -0.332 e. The molecule has 3 rings (SSSR count). The fourth-order valence-electron chi connectivity index (χ4n) is 2.81. The van der Waals surface area contributed by atoms with E-state index in [1.807, 2.05) is 40.2 Å². The number of aromatic amines is 1. The third kappa shape index (κ3) is 3.97. The molecule has 1 N–H and O–H groups in total. The molecular formula is C16H22N4OS2. The van der Waals surface area contributed by atoms with E-state index in [1.165, 1.54) is 0 Å². The number of aromatic nitrogens is 2. The smallest absolute Gasteiger partial charge is 0.274 e. The predicted molar refractivity (Wildman–Crippen MR) is 97.2 cm³/mol. The van der Waals surface area contributed by atoms with Gasteiger partial charge in [-0.15, -0.1) is 11.3 Å². The van der Waals surface area contributed by atoms with E-state index in [0.717, 1.165) is 41.6 Å². The summed E-state index contributed by atoms with van der Waals surface area (Å²) in [6, 6.07) is 6.15. The Labute approximate surface area is 145 Å². The average Bonchev–Trinajstić information content (AvgIpc) is 3.15. The fraction of sp³-hybridized carbons (Fsp3) is 0.500. The van der Waals surface area contributed by atoms with E-state index in [-0.39, 0.29) is 11.9 Å². The van der Waals surface area contributed by atoms with Crippen molar-refractivity contribution in [2.24, 2.45) is 0 Å². The molecule has 1 atom stereocenters. The number of H-pyrrole nitrogens is 1. The van der Waals surface area contributed by atoms with Gasteiger partial charge in [0.05, 0.1) is 16.6 Å². The molecular weight excluding hydrogens is 328 g/mol. The lowest BCUT2D eigenvalue weighted by atomic mass is 10.2. The van der Waals surface area contributed by atoms with Crippen molar-refractivity contribution < 1.29 is 4.79 Å². The van der Waals surface area contributed by atoms with Crippen LogP contribution in [-0.2, 0) is 0 Å². The van der Waals surface area contributed by atoms with Gasteiger partial charge in [-0.1, -0.05) is 6.07 Å². The molecule has 1 saturated heterocycles. The van der Waals surface area contributed by atoms with Crippen LogP contribution in [0.1, 0.15) is 16.9 Å². The number of nitrogens with zero attached hydrogens (tertiary/aromatic N) is 3. The van der Waals surface area contributed by atoms with Gasteiger partial charge in [-0.2, -0.15) is 16.9 Å². The highest BCUT2D eigenvalue weighted by Crippen LogP contribution is 2.24. The normalized spacial score (nSPS) is 19.1. The topological polar surface area (TPSA) is 52.2 Å². The summed E-state index contributed by atoms with van der Waals surface area (Å²) in [6.07, 6.45) is 1.04. The molecule has 2 aromatic rings. The van der Waals surface area contributed by atoms with E-state index in [1.54, 1.807) is 11.3 Å². The minimum atomic E-state index is 0.0402. The van der Waals surface area contributed by atoms with E-state index in [2.05, 4.69) is 29.2 Å². The highest BCUT2D eigenvalue weighted by Gasteiger charge is 2.28. The number of thiophene rings is 1. The van der Waals surface area contributed by atoms with Crippen molar-refractivity contribution in [3.63, 3.8) is 0 Å². The van der Waals surface area contributed by atoms with Crippen LogP contribution >= 0.6 is 23.1 Å². The number of rotatable bonds is 4. The molecule has 0 spiro atoms. The van der Waals surface area contributed by atoms with Crippen molar-refractivity contribution in [2.45, 2.75) is 12.5 Å². The first-order valence-corrected chi connectivity index (χ1v) is 9.81. The number of thioether (sulfide) groups is 1. The lowest BCUT2D eigenvalue weighted by Gasteiger charge is -2.31. The number of nitrogens with one attached hydrogen (secondary N) is 1. The van der Waals surface area contributed by atoms with Crippen LogP contribution in [0.2, 0.25) is 0 Å². The molecule has 124 valence electrons. The van der Waals surface area contributed by atoms with Gasteiger partial charge in [-0.05, 0) is 43.8 Å². The van der Waals surface area contributed by atoms with Gasteiger partial charge < -0.3 is 9.80 Å². The maximum Gasteiger partial charge on any atom is 0.274 e. The molecule has 1 aliphatic rings. The second-order valence-electron chi connectivity index (χ2n) is 5.99. The molecule has 0 aliphatic carbocycles. The van der Waals surface area contributed by atoms with E-state index in [9.17, 15) is 4.79 Å². The van der Waals surface area contributed by atoms with Gasteiger partial charge in [0.2, 0.25) is 0 Å². The number of likely N-dealkylation sites (N-methyl/N-ethyl adjacent to an activating group) is 1. The second-order valence-corrected chi connectivity index (χ2v) is 8.08. The molecule has 1 amide bonds. The van der Waals surface area contributed by atoms with E-state index < -0.39 is 0 Å². The van der Waals surface area contributed by atoms with Crippen LogP contribution in [0.5, 0.6) is 0 Å². The first kappa shape index (κ1) is 16.5. The second kappa shape index (κ2) is 7.51. The monoisotopic (exact) mass is 350 g/mol. The number of amides is 1. The fourth-order valence-corrected chi connectivity index (χ4v) is 4.56. The van der Waals surface area contributed by atoms with Gasteiger partial charge in [0.25, 0.3) is 5.91 Å². The summed E-state index contributed by atoms with van der Waals surface area (Å²) in [4.78, 5) is 18.2. The van der Waals surface area contributed by atoms with E-state index >= 15 is 0 Å².